The molecule has 0 spiro atoms. The molecule has 7 heteroatoms. The molecule has 30 heavy (non-hydrogen) atoms. The molecule has 0 saturated carbocycles. The second-order valence-corrected chi connectivity index (χ2v) is 8.44. The number of rotatable bonds is 8. The molecule has 1 aliphatic carbocycles. The average molecular weight is 414 g/mol. The van der Waals surface area contributed by atoms with E-state index in [0.717, 1.165) is 34.6 Å². The summed E-state index contributed by atoms with van der Waals surface area (Å²) in [5, 5.41) is 22.7. The number of allylic oxidation sites excluding steroid dienone is 3. The molecule has 2 aromatic rings. The Morgan fingerprint density at radius 3 is 2.70 bits per heavy atom. The second-order valence-electron chi connectivity index (χ2n) is 8.44. The topological polar surface area (TPSA) is 102 Å². The van der Waals surface area contributed by atoms with Gasteiger partial charge in [-0.25, -0.2) is 0 Å². The van der Waals surface area contributed by atoms with E-state index in [2.05, 4.69) is 41.1 Å². The summed E-state index contributed by atoms with van der Waals surface area (Å²) in [7, 11) is 0. The van der Waals surface area contributed by atoms with Crippen molar-refractivity contribution in [2.45, 2.75) is 59.5 Å². The highest BCUT2D eigenvalue weighted by atomic mass is 16.5. The Hall–Kier alpha value is -2.51. The van der Waals surface area contributed by atoms with Crippen LogP contribution in [-0.2, 0) is 11.2 Å². The van der Waals surface area contributed by atoms with E-state index in [1.54, 1.807) is 6.20 Å². The van der Waals surface area contributed by atoms with Crippen LogP contribution in [0, 0.1) is 12.8 Å². The molecular weight excluding hydrogens is 382 g/mol. The third-order valence-corrected chi connectivity index (χ3v) is 5.19. The highest BCUT2D eigenvalue weighted by Crippen LogP contribution is 2.35. The normalized spacial score (nSPS) is 18.0. The van der Waals surface area contributed by atoms with Crippen LogP contribution in [0.2, 0.25) is 0 Å². The molecule has 0 fully saturated rings. The summed E-state index contributed by atoms with van der Waals surface area (Å²) in [4.78, 5) is 9.14. The Balaban J connectivity index is 1.77. The lowest BCUT2D eigenvalue weighted by Gasteiger charge is -2.23. The zero-order valence-electron chi connectivity index (χ0n) is 18.3. The van der Waals surface area contributed by atoms with E-state index in [9.17, 15) is 5.11 Å². The third-order valence-electron chi connectivity index (χ3n) is 5.19. The van der Waals surface area contributed by atoms with Crippen molar-refractivity contribution in [1.29, 1.82) is 0 Å². The fourth-order valence-electron chi connectivity index (χ4n) is 3.68. The Bertz CT molecular complexity index is 946. The van der Waals surface area contributed by atoms with Crippen LogP contribution in [0.3, 0.4) is 0 Å². The molecule has 3 rings (SSSR count). The van der Waals surface area contributed by atoms with Crippen LogP contribution >= 0.6 is 0 Å². The smallest absolute Gasteiger partial charge is 0.259 e. The number of hydrogen-bond donors (Lipinski definition) is 2. The number of aliphatic hydroxyl groups is 2. The van der Waals surface area contributed by atoms with Gasteiger partial charge in [-0.3, -0.25) is 4.98 Å². The fourth-order valence-corrected chi connectivity index (χ4v) is 3.68. The highest BCUT2D eigenvalue weighted by molar-refractivity contribution is 5.53. The van der Waals surface area contributed by atoms with Gasteiger partial charge in [0, 0.05) is 17.8 Å². The van der Waals surface area contributed by atoms with Gasteiger partial charge in [-0.05, 0) is 62.3 Å². The minimum Gasteiger partial charge on any atom is -0.491 e. The molecule has 7 nitrogen and oxygen atoms in total. The predicted molar refractivity (Wildman–Crippen MR) is 114 cm³/mol. The Labute approximate surface area is 177 Å². The lowest BCUT2D eigenvalue weighted by atomic mass is 9.89. The SMILES string of the molecule is CC1=CC(c2noc(-c3cnc(C)c(CC(C)C)c3)n2)CC(C)=C1OCC(O)CO. The first-order chi connectivity index (χ1) is 14.3. The quantitative estimate of drug-likeness (QED) is 0.680. The minimum absolute atomic E-state index is 0.00819. The lowest BCUT2D eigenvalue weighted by molar-refractivity contribution is 0.0309. The van der Waals surface area contributed by atoms with Gasteiger partial charge in [0.15, 0.2) is 5.82 Å². The van der Waals surface area contributed by atoms with Crippen molar-refractivity contribution in [2.24, 2.45) is 5.92 Å². The number of ether oxygens (including phenoxy) is 1. The molecule has 0 aliphatic heterocycles. The third kappa shape index (κ3) is 5.15. The molecule has 0 saturated heterocycles. The van der Waals surface area contributed by atoms with Gasteiger partial charge >= 0.3 is 0 Å². The average Bonchev–Trinajstić information content (AvgIpc) is 3.18. The number of aryl methyl sites for hydroxylation is 1. The summed E-state index contributed by atoms with van der Waals surface area (Å²) in [6.45, 7) is 10.1. The van der Waals surface area contributed by atoms with Crippen LogP contribution in [0.25, 0.3) is 11.5 Å². The first kappa shape index (κ1) is 22.2. The summed E-state index contributed by atoms with van der Waals surface area (Å²) < 4.78 is 11.3. The summed E-state index contributed by atoms with van der Waals surface area (Å²) in [5.41, 5.74) is 5.06. The maximum atomic E-state index is 9.53. The maximum absolute atomic E-state index is 9.53. The van der Waals surface area contributed by atoms with E-state index in [0.29, 0.717) is 24.1 Å². The van der Waals surface area contributed by atoms with Crippen LogP contribution in [0.15, 0.2) is 39.8 Å². The molecule has 2 atom stereocenters. The van der Waals surface area contributed by atoms with E-state index in [-0.39, 0.29) is 19.1 Å². The van der Waals surface area contributed by atoms with E-state index in [1.165, 1.54) is 5.56 Å². The highest BCUT2D eigenvalue weighted by Gasteiger charge is 2.25. The molecule has 2 aromatic heterocycles. The number of aromatic nitrogens is 3. The van der Waals surface area contributed by atoms with Gasteiger partial charge in [-0.15, -0.1) is 0 Å². The Morgan fingerprint density at radius 2 is 2.03 bits per heavy atom. The number of nitrogens with zero attached hydrogens (tertiary/aromatic N) is 3. The van der Waals surface area contributed by atoms with Crippen LogP contribution in [-0.4, -0.2) is 44.7 Å². The molecular formula is C23H31N3O4. The first-order valence-electron chi connectivity index (χ1n) is 10.4. The molecule has 2 N–H and O–H groups in total. The summed E-state index contributed by atoms with van der Waals surface area (Å²) in [5.74, 6) is 2.39. The van der Waals surface area contributed by atoms with Crippen molar-refractivity contribution in [3.8, 4) is 11.5 Å². The van der Waals surface area contributed by atoms with Crippen molar-refractivity contribution in [2.75, 3.05) is 13.2 Å². The Morgan fingerprint density at radius 1 is 1.27 bits per heavy atom. The zero-order valence-corrected chi connectivity index (χ0v) is 18.3. The second kappa shape index (κ2) is 9.53. The van der Waals surface area contributed by atoms with Crippen molar-refractivity contribution >= 4 is 0 Å². The number of hydrogen-bond acceptors (Lipinski definition) is 7. The van der Waals surface area contributed by atoms with Crippen LogP contribution in [0.1, 0.15) is 57.1 Å². The first-order valence-corrected chi connectivity index (χ1v) is 10.4. The molecule has 2 unspecified atom stereocenters. The van der Waals surface area contributed by atoms with Gasteiger partial charge in [0.05, 0.1) is 12.2 Å². The summed E-state index contributed by atoms with van der Waals surface area (Å²) in [6, 6.07) is 2.09. The number of pyridine rings is 1. The van der Waals surface area contributed by atoms with Crippen molar-refractivity contribution in [3.05, 3.63) is 52.3 Å². The molecule has 0 aromatic carbocycles. The van der Waals surface area contributed by atoms with Gasteiger partial charge in [0.25, 0.3) is 5.89 Å². The predicted octanol–water partition coefficient (Wildman–Crippen LogP) is 3.72. The molecule has 0 amide bonds. The van der Waals surface area contributed by atoms with E-state index in [1.807, 2.05) is 20.8 Å². The van der Waals surface area contributed by atoms with Crippen molar-refractivity contribution in [3.63, 3.8) is 0 Å². The Kier molecular flexibility index (Phi) is 7.05. The van der Waals surface area contributed by atoms with Gasteiger partial charge in [0.1, 0.15) is 18.5 Å². The monoisotopic (exact) mass is 413 g/mol. The van der Waals surface area contributed by atoms with E-state index < -0.39 is 6.10 Å². The largest absolute Gasteiger partial charge is 0.491 e. The molecule has 1 aliphatic rings. The summed E-state index contributed by atoms with van der Waals surface area (Å²) in [6.07, 6.45) is 4.60. The lowest BCUT2D eigenvalue weighted by Crippen LogP contribution is -2.20. The number of aliphatic hydroxyl groups excluding tert-OH is 2. The van der Waals surface area contributed by atoms with Crippen LogP contribution in [0.5, 0.6) is 0 Å². The maximum Gasteiger partial charge on any atom is 0.259 e. The van der Waals surface area contributed by atoms with Gasteiger partial charge in [-0.1, -0.05) is 25.1 Å². The molecule has 0 bridgehead atoms. The van der Waals surface area contributed by atoms with E-state index in [4.69, 9.17) is 14.4 Å². The van der Waals surface area contributed by atoms with Crippen molar-refractivity contribution < 1.29 is 19.5 Å². The minimum atomic E-state index is -0.890. The van der Waals surface area contributed by atoms with E-state index >= 15 is 0 Å². The van der Waals surface area contributed by atoms with Gasteiger partial charge in [0.2, 0.25) is 0 Å². The standard InChI is InChI=1S/C23H31N3O4/c1-13(2)6-17-9-19(10-24-16(17)5)23-25-22(26-30-23)18-7-14(3)21(15(4)8-18)29-12-20(28)11-27/h7,9-10,13,18,20,27-28H,6,8,11-12H2,1-5H3. The molecule has 0 radical (unpaired) electrons. The van der Waals surface area contributed by atoms with Crippen LogP contribution in [0.4, 0.5) is 0 Å². The van der Waals surface area contributed by atoms with Gasteiger partial charge in [-0.2, -0.15) is 4.98 Å². The zero-order chi connectivity index (χ0) is 21.8. The molecule has 2 heterocycles. The summed E-state index contributed by atoms with van der Waals surface area (Å²) >= 11 is 0. The van der Waals surface area contributed by atoms with Crippen molar-refractivity contribution in [1.82, 2.24) is 15.1 Å². The van der Waals surface area contributed by atoms with Crippen LogP contribution < -0.4 is 0 Å². The molecule has 162 valence electrons. The van der Waals surface area contributed by atoms with Gasteiger partial charge < -0.3 is 19.5 Å². The fraction of sp³-hybridized carbons (Fsp3) is 0.522.